The summed E-state index contributed by atoms with van der Waals surface area (Å²) in [5.41, 5.74) is 3.23. The Morgan fingerprint density at radius 1 is 1.22 bits per heavy atom. The van der Waals surface area contributed by atoms with Gasteiger partial charge in [0.15, 0.2) is 0 Å². The van der Waals surface area contributed by atoms with Crippen LogP contribution < -0.4 is 10.8 Å². The van der Waals surface area contributed by atoms with E-state index in [0.717, 1.165) is 0 Å². The molecule has 0 saturated carbocycles. The summed E-state index contributed by atoms with van der Waals surface area (Å²) in [5.74, 6) is 0.502. The summed E-state index contributed by atoms with van der Waals surface area (Å²) in [6.07, 6.45) is 1.50. The van der Waals surface area contributed by atoms with E-state index in [1.54, 1.807) is 35.8 Å². The highest BCUT2D eigenvalue weighted by molar-refractivity contribution is 6.31. The Hall–Kier alpha value is -2.29. The van der Waals surface area contributed by atoms with E-state index in [-0.39, 0.29) is 0 Å². The molecule has 2 aromatic rings. The maximum atomic E-state index is 10.5. The number of nitrogens with one attached hydrogen (secondary N) is 2. The van der Waals surface area contributed by atoms with E-state index in [0.29, 0.717) is 27.8 Å². The third-order valence-electron chi connectivity index (χ3n) is 2.24. The van der Waals surface area contributed by atoms with Crippen molar-refractivity contribution in [3.8, 4) is 6.07 Å². The number of anilines is 3. The second-order valence-corrected chi connectivity index (χ2v) is 3.87. The van der Waals surface area contributed by atoms with Gasteiger partial charge in [0.2, 0.25) is 0 Å². The lowest BCUT2D eigenvalue weighted by atomic mass is 10.2. The van der Waals surface area contributed by atoms with Crippen LogP contribution in [0.1, 0.15) is 5.56 Å². The number of hydrogen-bond donors (Lipinski definition) is 2. The van der Waals surface area contributed by atoms with Crippen molar-refractivity contribution in [2.45, 2.75) is 0 Å². The molecule has 0 unspecified atom stereocenters. The molecule has 0 bridgehead atoms. The summed E-state index contributed by atoms with van der Waals surface area (Å²) in [4.78, 5) is 4.05. The molecule has 0 aliphatic carbocycles. The summed E-state index contributed by atoms with van der Waals surface area (Å²) in [6.45, 7) is 0. The third-order valence-corrected chi connectivity index (χ3v) is 2.57. The van der Waals surface area contributed by atoms with Crippen LogP contribution in [0.15, 0.2) is 36.5 Å². The van der Waals surface area contributed by atoms with E-state index < -0.39 is 0 Å². The van der Waals surface area contributed by atoms with Crippen molar-refractivity contribution < 1.29 is 0 Å². The average Bonchev–Trinajstić information content (AvgIpc) is 2.41. The molecule has 1 heterocycles. The first-order valence-corrected chi connectivity index (χ1v) is 5.41. The Bertz CT molecular complexity index is 609. The molecule has 90 valence electrons. The molecule has 18 heavy (non-hydrogen) atoms. The Labute approximate surface area is 109 Å². The third kappa shape index (κ3) is 2.69. The molecule has 0 atom stereocenters. The molecular formula is C12H8ClN4O-. The van der Waals surface area contributed by atoms with Crippen molar-refractivity contribution in [2.24, 2.45) is 0 Å². The van der Waals surface area contributed by atoms with Gasteiger partial charge in [0.25, 0.3) is 0 Å². The van der Waals surface area contributed by atoms with Crippen LogP contribution in [-0.4, -0.2) is 4.98 Å². The lowest BCUT2D eigenvalue weighted by Gasteiger charge is -2.11. The van der Waals surface area contributed by atoms with Crippen molar-refractivity contribution in [3.05, 3.63) is 52.3 Å². The van der Waals surface area contributed by atoms with Crippen LogP contribution in [0.25, 0.3) is 0 Å². The monoisotopic (exact) mass is 259 g/mol. The molecule has 2 N–H and O–H groups in total. The van der Waals surface area contributed by atoms with Crippen molar-refractivity contribution >= 4 is 28.8 Å². The fourth-order valence-electron chi connectivity index (χ4n) is 1.40. The largest absolute Gasteiger partial charge is 0.761 e. The average molecular weight is 260 g/mol. The topological polar surface area (TPSA) is 83.8 Å². The van der Waals surface area contributed by atoms with Crippen LogP contribution >= 0.6 is 11.6 Å². The van der Waals surface area contributed by atoms with Crippen LogP contribution in [0.2, 0.25) is 5.02 Å². The Morgan fingerprint density at radius 3 is 2.78 bits per heavy atom. The second kappa shape index (κ2) is 5.36. The van der Waals surface area contributed by atoms with Gasteiger partial charge in [0.05, 0.1) is 10.6 Å². The highest BCUT2D eigenvalue weighted by Gasteiger charge is 2.02. The zero-order valence-electron chi connectivity index (χ0n) is 9.14. The maximum absolute atomic E-state index is 10.5. The van der Waals surface area contributed by atoms with E-state index in [1.807, 2.05) is 6.07 Å². The fourth-order valence-corrected chi connectivity index (χ4v) is 1.56. The minimum absolute atomic E-state index is 0.375. The Kier molecular flexibility index (Phi) is 3.63. The van der Waals surface area contributed by atoms with Crippen molar-refractivity contribution in [3.63, 3.8) is 0 Å². The molecule has 0 fully saturated rings. The summed E-state index contributed by atoms with van der Waals surface area (Å²) in [6, 6.07) is 10.1. The number of halogens is 1. The molecular weight excluding hydrogens is 252 g/mol. The highest BCUT2D eigenvalue weighted by Crippen LogP contribution is 2.22. The van der Waals surface area contributed by atoms with Crippen LogP contribution in [0, 0.1) is 16.5 Å². The highest BCUT2D eigenvalue weighted by atomic mass is 35.5. The lowest BCUT2D eigenvalue weighted by Crippen LogP contribution is -1.95. The molecule has 1 aromatic carbocycles. The molecule has 1 aromatic heterocycles. The van der Waals surface area contributed by atoms with Crippen LogP contribution in [0.3, 0.4) is 0 Å². The standard InChI is InChI=1S/C12H8ClN4O/c13-11-2-1-9(5-8(11)7-14)16-12-6-10(17-18)3-4-15-12/h1-6H,(H2-,15,16,17,18)/q-1. The molecule has 2 rings (SSSR count). The van der Waals surface area contributed by atoms with Crippen molar-refractivity contribution in [1.82, 2.24) is 4.98 Å². The quantitative estimate of drug-likeness (QED) is 0.827. The van der Waals surface area contributed by atoms with Gasteiger partial charge < -0.3 is 16.0 Å². The number of pyridine rings is 1. The Balaban J connectivity index is 2.26. The molecule has 0 amide bonds. The second-order valence-electron chi connectivity index (χ2n) is 3.46. The summed E-state index contributed by atoms with van der Waals surface area (Å²) >= 11 is 5.83. The van der Waals surface area contributed by atoms with Crippen LogP contribution in [-0.2, 0) is 0 Å². The van der Waals surface area contributed by atoms with Gasteiger partial charge in [-0.15, -0.1) is 0 Å². The van der Waals surface area contributed by atoms with Gasteiger partial charge in [-0.25, -0.2) is 4.98 Å². The molecule has 6 heteroatoms. The predicted molar refractivity (Wildman–Crippen MR) is 70.7 cm³/mol. The maximum Gasteiger partial charge on any atom is 0.132 e. The lowest BCUT2D eigenvalue weighted by molar-refractivity contribution is 1.30. The Morgan fingerprint density at radius 2 is 2.06 bits per heavy atom. The number of hydrogen-bond acceptors (Lipinski definition) is 5. The molecule has 0 aliphatic heterocycles. The smallest absolute Gasteiger partial charge is 0.132 e. The van der Waals surface area contributed by atoms with E-state index in [1.165, 1.54) is 6.20 Å². The van der Waals surface area contributed by atoms with Gasteiger partial charge in [-0.1, -0.05) is 11.6 Å². The van der Waals surface area contributed by atoms with Gasteiger partial charge in [-0.3, -0.25) is 0 Å². The van der Waals surface area contributed by atoms with Crippen molar-refractivity contribution in [2.75, 3.05) is 10.8 Å². The number of nitriles is 1. The number of benzene rings is 1. The summed E-state index contributed by atoms with van der Waals surface area (Å²) in [5, 5.41) is 22.8. The van der Waals surface area contributed by atoms with E-state index in [2.05, 4.69) is 10.3 Å². The normalized spacial score (nSPS) is 9.61. The first-order chi connectivity index (χ1) is 8.72. The van der Waals surface area contributed by atoms with Gasteiger partial charge in [0, 0.05) is 23.6 Å². The van der Waals surface area contributed by atoms with Gasteiger partial charge in [-0.05, 0) is 24.3 Å². The summed E-state index contributed by atoms with van der Waals surface area (Å²) in [7, 11) is 0. The molecule has 0 radical (unpaired) electrons. The van der Waals surface area contributed by atoms with Crippen LogP contribution in [0.4, 0.5) is 17.2 Å². The predicted octanol–water partition coefficient (Wildman–Crippen LogP) is 3.26. The molecule has 0 aliphatic rings. The minimum Gasteiger partial charge on any atom is -0.761 e. The van der Waals surface area contributed by atoms with E-state index in [4.69, 9.17) is 16.9 Å². The molecule has 0 spiro atoms. The SMILES string of the molecule is N#Cc1cc(Nc2cc(N[O-])ccn2)ccc1Cl. The van der Waals surface area contributed by atoms with Gasteiger partial charge in [-0.2, -0.15) is 5.26 Å². The molecule has 5 nitrogen and oxygen atoms in total. The van der Waals surface area contributed by atoms with Gasteiger partial charge in [0.1, 0.15) is 11.9 Å². The molecule has 0 saturated heterocycles. The fraction of sp³-hybridized carbons (Fsp3) is 0. The van der Waals surface area contributed by atoms with E-state index in [9.17, 15) is 5.21 Å². The first-order valence-electron chi connectivity index (χ1n) is 5.04. The zero-order valence-corrected chi connectivity index (χ0v) is 9.90. The van der Waals surface area contributed by atoms with Crippen LogP contribution in [0.5, 0.6) is 0 Å². The summed E-state index contributed by atoms with van der Waals surface area (Å²) < 4.78 is 0. The van der Waals surface area contributed by atoms with E-state index >= 15 is 0 Å². The van der Waals surface area contributed by atoms with Crippen molar-refractivity contribution in [1.29, 1.82) is 5.26 Å². The number of rotatable bonds is 3. The van der Waals surface area contributed by atoms with Gasteiger partial charge >= 0.3 is 0 Å². The number of nitrogens with zero attached hydrogens (tertiary/aromatic N) is 2. The first kappa shape index (κ1) is 12.2. The number of aromatic nitrogens is 1. The minimum atomic E-state index is 0.375. The zero-order chi connectivity index (χ0) is 13.0.